The minimum absolute atomic E-state index is 0.235. The second-order valence-corrected chi connectivity index (χ2v) is 5.23. The lowest BCUT2D eigenvalue weighted by molar-refractivity contribution is 0.0527. The number of hydrogen-bond donors (Lipinski definition) is 1. The number of amides is 2. The molecule has 130 valence electrons. The maximum Gasteiger partial charge on any atom is 0.343 e. The number of carbonyl (C=O) groups excluding carboxylic acids is 2. The van der Waals surface area contributed by atoms with E-state index in [4.69, 9.17) is 4.74 Å². The van der Waals surface area contributed by atoms with Gasteiger partial charge in [0.15, 0.2) is 5.82 Å². The molecule has 1 N–H and O–H groups in total. The molecule has 23 heavy (non-hydrogen) atoms. The number of aryl methyl sites for hydroxylation is 1. The molecule has 0 bridgehead atoms. The summed E-state index contributed by atoms with van der Waals surface area (Å²) in [7, 11) is 0. The fourth-order valence-electron chi connectivity index (χ4n) is 2.16. The van der Waals surface area contributed by atoms with Crippen molar-refractivity contribution in [3.63, 3.8) is 0 Å². The van der Waals surface area contributed by atoms with Crippen molar-refractivity contribution in [2.24, 2.45) is 0 Å². The average Bonchev–Trinajstić information content (AvgIpc) is 2.94. The van der Waals surface area contributed by atoms with Gasteiger partial charge in [-0.25, -0.2) is 9.59 Å². The third-order valence-electron chi connectivity index (χ3n) is 3.16. The molecule has 0 saturated carbocycles. The van der Waals surface area contributed by atoms with Crippen molar-refractivity contribution < 1.29 is 14.3 Å². The number of carbonyl (C=O) groups is 2. The van der Waals surface area contributed by atoms with Crippen LogP contribution in [0, 0.1) is 0 Å². The number of ether oxygens (including phenoxy) is 1. The van der Waals surface area contributed by atoms with Crippen LogP contribution >= 0.6 is 0 Å². The Balaban J connectivity index is 3.16. The van der Waals surface area contributed by atoms with Crippen molar-refractivity contribution in [2.75, 3.05) is 24.6 Å². The summed E-state index contributed by atoms with van der Waals surface area (Å²) < 4.78 is 6.79. The van der Waals surface area contributed by atoms with Crippen LogP contribution in [0.25, 0.3) is 0 Å². The van der Waals surface area contributed by atoms with Gasteiger partial charge in [-0.05, 0) is 26.2 Å². The summed E-state index contributed by atoms with van der Waals surface area (Å²) >= 11 is 0. The van der Waals surface area contributed by atoms with Crippen LogP contribution in [0.3, 0.4) is 0 Å². The molecule has 7 heteroatoms. The Morgan fingerprint density at radius 1 is 1.22 bits per heavy atom. The molecule has 0 aliphatic heterocycles. The minimum Gasteiger partial charge on any atom is -0.462 e. The second-order valence-electron chi connectivity index (χ2n) is 5.23. The van der Waals surface area contributed by atoms with Crippen LogP contribution in [-0.2, 0) is 11.3 Å². The van der Waals surface area contributed by atoms with Crippen LogP contribution < -0.4 is 10.2 Å². The number of aromatic nitrogens is 2. The van der Waals surface area contributed by atoms with Crippen LogP contribution in [0.2, 0.25) is 0 Å². The highest BCUT2D eigenvalue weighted by atomic mass is 16.5. The Hall–Kier alpha value is -2.05. The molecule has 1 rings (SSSR count). The number of nitrogens with zero attached hydrogens (tertiary/aromatic N) is 3. The highest BCUT2D eigenvalue weighted by molar-refractivity contribution is 6.00. The molecular weight excluding hydrogens is 296 g/mol. The fraction of sp³-hybridized carbons (Fsp3) is 0.688. The van der Waals surface area contributed by atoms with Gasteiger partial charge in [0.25, 0.3) is 0 Å². The molecule has 0 aliphatic rings. The molecule has 0 fully saturated rings. The molecular formula is C16H28N4O3. The Morgan fingerprint density at radius 3 is 2.52 bits per heavy atom. The van der Waals surface area contributed by atoms with Gasteiger partial charge in [0.05, 0.1) is 6.61 Å². The van der Waals surface area contributed by atoms with E-state index in [1.165, 1.54) is 4.90 Å². The molecule has 0 unspecified atom stereocenters. The van der Waals surface area contributed by atoms with Gasteiger partial charge in [-0.3, -0.25) is 9.58 Å². The number of esters is 1. The molecule has 1 heterocycles. The van der Waals surface area contributed by atoms with Gasteiger partial charge in [0, 0.05) is 25.8 Å². The average molecular weight is 324 g/mol. The summed E-state index contributed by atoms with van der Waals surface area (Å²) in [4.78, 5) is 26.1. The van der Waals surface area contributed by atoms with Crippen molar-refractivity contribution in [1.82, 2.24) is 15.1 Å². The highest BCUT2D eigenvalue weighted by Crippen LogP contribution is 2.20. The van der Waals surface area contributed by atoms with Crippen LogP contribution in [0.15, 0.2) is 6.20 Å². The molecule has 0 aliphatic carbocycles. The van der Waals surface area contributed by atoms with Crippen molar-refractivity contribution in [1.29, 1.82) is 0 Å². The number of hydrogen-bond acceptors (Lipinski definition) is 4. The Morgan fingerprint density at radius 2 is 1.96 bits per heavy atom. The number of urea groups is 1. The zero-order chi connectivity index (χ0) is 17.2. The number of rotatable bonds is 9. The van der Waals surface area contributed by atoms with Gasteiger partial charge in [0.1, 0.15) is 5.56 Å². The summed E-state index contributed by atoms with van der Waals surface area (Å²) in [6.07, 6.45) is 4.16. The van der Waals surface area contributed by atoms with E-state index in [0.717, 1.165) is 19.3 Å². The van der Waals surface area contributed by atoms with Crippen molar-refractivity contribution >= 4 is 17.8 Å². The Labute approximate surface area is 138 Å². The maximum atomic E-state index is 12.4. The van der Waals surface area contributed by atoms with E-state index in [-0.39, 0.29) is 12.6 Å². The fourth-order valence-corrected chi connectivity index (χ4v) is 2.16. The molecule has 7 nitrogen and oxygen atoms in total. The van der Waals surface area contributed by atoms with E-state index in [0.29, 0.717) is 31.0 Å². The molecule has 1 aromatic heterocycles. The van der Waals surface area contributed by atoms with E-state index >= 15 is 0 Å². The monoisotopic (exact) mass is 324 g/mol. The first-order valence-electron chi connectivity index (χ1n) is 8.38. The van der Waals surface area contributed by atoms with Gasteiger partial charge in [-0.15, -0.1) is 0 Å². The predicted molar refractivity (Wildman–Crippen MR) is 89.8 cm³/mol. The summed E-state index contributed by atoms with van der Waals surface area (Å²) in [6, 6.07) is -0.235. The summed E-state index contributed by atoms with van der Waals surface area (Å²) in [5.74, 6) is -0.0819. The lowest BCUT2D eigenvalue weighted by Gasteiger charge is -2.21. The topological polar surface area (TPSA) is 76.5 Å². The van der Waals surface area contributed by atoms with Crippen LogP contribution in [-0.4, -0.2) is 41.5 Å². The molecule has 0 atom stereocenters. The Bertz CT molecular complexity index is 513. The largest absolute Gasteiger partial charge is 0.462 e. The lowest BCUT2D eigenvalue weighted by atomic mass is 10.3. The van der Waals surface area contributed by atoms with Gasteiger partial charge >= 0.3 is 12.0 Å². The molecule has 0 radical (unpaired) electrons. The van der Waals surface area contributed by atoms with E-state index < -0.39 is 5.97 Å². The van der Waals surface area contributed by atoms with E-state index in [1.807, 2.05) is 20.8 Å². The van der Waals surface area contributed by atoms with Gasteiger partial charge in [0.2, 0.25) is 0 Å². The Kier molecular flexibility index (Phi) is 8.15. The van der Waals surface area contributed by atoms with Crippen LogP contribution in [0.5, 0.6) is 0 Å². The summed E-state index contributed by atoms with van der Waals surface area (Å²) in [5.41, 5.74) is 0.334. The van der Waals surface area contributed by atoms with Crippen molar-refractivity contribution in [3.05, 3.63) is 11.8 Å². The summed E-state index contributed by atoms with van der Waals surface area (Å²) in [5, 5.41) is 7.27. The molecule has 1 aromatic rings. The third kappa shape index (κ3) is 5.26. The first kappa shape index (κ1) is 19.0. The lowest BCUT2D eigenvalue weighted by Crippen LogP contribution is -2.41. The predicted octanol–water partition coefficient (Wildman–Crippen LogP) is 2.81. The van der Waals surface area contributed by atoms with Gasteiger partial charge in [-0.2, -0.15) is 5.10 Å². The zero-order valence-electron chi connectivity index (χ0n) is 14.6. The maximum absolute atomic E-state index is 12.4. The first-order valence-corrected chi connectivity index (χ1v) is 8.38. The quantitative estimate of drug-likeness (QED) is 0.709. The van der Waals surface area contributed by atoms with Gasteiger partial charge in [-0.1, -0.05) is 20.8 Å². The number of nitrogens with one attached hydrogen (secondary N) is 1. The number of anilines is 1. The highest BCUT2D eigenvalue weighted by Gasteiger charge is 2.26. The van der Waals surface area contributed by atoms with E-state index in [9.17, 15) is 9.59 Å². The minimum atomic E-state index is -0.450. The zero-order valence-corrected chi connectivity index (χ0v) is 14.6. The van der Waals surface area contributed by atoms with Crippen molar-refractivity contribution in [2.45, 2.75) is 53.5 Å². The van der Waals surface area contributed by atoms with E-state index in [2.05, 4.69) is 10.4 Å². The SMILES string of the molecule is CCCNC(=O)N(CCC)c1nn(CCC)cc1C(=O)OCC. The normalized spacial score (nSPS) is 10.4. The molecule has 0 aromatic carbocycles. The van der Waals surface area contributed by atoms with Crippen LogP contribution in [0.4, 0.5) is 10.6 Å². The van der Waals surface area contributed by atoms with E-state index in [1.54, 1.807) is 17.8 Å². The molecule has 0 saturated heterocycles. The van der Waals surface area contributed by atoms with Crippen molar-refractivity contribution in [3.8, 4) is 0 Å². The van der Waals surface area contributed by atoms with Crippen LogP contribution in [0.1, 0.15) is 57.3 Å². The first-order chi connectivity index (χ1) is 11.1. The molecule has 0 spiro atoms. The van der Waals surface area contributed by atoms with Gasteiger partial charge < -0.3 is 10.1 Å². The molecule has 2 amide bonds. The summed E-state index contributed by atoms with van der Waals surface area (Å²) in [6.45, 7) is 9.80. The standard InChI is InChI=1S/C16H28N4O3/c1-5-9-17-16(22)20(11-7-3)14-13(15(21)23-8-4)12-19(18-14)10-6-2/h12H,5-11H2,1-4H3,(H,17,22). The smallest absolute Gasteiger partial charge is 0.343 e. The third-order valence-corrected chi connectivity index (χ3v) is 3.16. The second kappa shape index (κ2) is 9.86.